The first-order valence-electron chi connectivity index (χ1n) is 9.65. The summed E-state index contributed by atoms with van der Waals surface area (Å²) in [6, 6.07) is 16.3. The molecule has 3 rings (SSSR count). The smallest absolute Gasteiger partial charge is 0.344 e. The summed E-state index contributed by atoms with van der Waals surface area (Å²) >= 11 is 4.51. The number of rotatable bonds is 9. The third kappa shape index (κ3) is 6.41. The van der Waals surface area contributed by atoms with Crippen LogP contribution in [0.4, 0.5) is 5.00 Å². The van der Waals surface area contributed by atoms with Crippen LogP contribution in [0.5, 0.6) is 5.75 Å². The van der Waals surface area contributed by atoms with E-state index >= 15 is 0 Å². The van der Waals surface area contributed by atoms with Gasteiger partial charge in [0.1, 0.15) is 16.3 Å². The van der Waals surface area contributed by atoms with Gasteiger partial charge < -0.3 is 19.5 Å². The van der Waals surface area contributed by atoms with Crippen LogP contribution in [0.15, 0.2) is 64.5 Å². The van der Waals surface area contributed by atoms with Gasteiger partial charge in [-0.15, -0.1) is 11.3 Å². The van der Waals surface area contributed by atoms with Gasteiger partial charge in [0.2, 0.25) is 0 Å². The number of esters is 2. The summed E-state index contributed by atoms with van der Waals surface area (Å²) in [6.07, 6.45) is 0. The number of hydrogen-bond acceptors (Lipinski definition) is 7. The van der Waals surface area contributed by atoms with E-state index in [-0.39, 0.29) is 18.8 Å². The monoisotopic (exact) mass is 517 g/mol. The van der Waals surface area contributed by atoms with E-state index in [0.29, 0.717) is 16.3 Å². The molecule has 0 bridgehead atoms. The summed E-state index contributed by atoms with van der Waals surface area (Å²) in [6.45, 7) is 1.06. The molecule has 0 aliphatic heterocycles. The van der Waals surface area contributed by atoms with Gasteiger partial charge in [-0.3, -0.25) is 4.79 Å². The molecule has 1 amide bonds. The summed E-state index contributed by atoms with van der Waals surface area (Å²) in [5, 5.41) is 4.73. The van der Waals surface area contributed by atoms with E-state index in [1.165, 1.54) is 11.3 Å². The second kappa shape index (κ2) is 11.4. The van der Waals surface area contributed by atoms with E-state index in [2.05, 4.69) is 21.2 Å². The van der Waals surface area contributed by atoms with Crippen LogP contribution in [-0.2, 0) is 19.1 Å². The van der Waals surface area contributed by atoms with Crippen molar-refractivity contribution in [2.75, 3.05) is 25.1 Å². The molecule has 1 N–H and O–H groups in total. The van der Waals surface area contributed by atoms with Crippen molar-refractivity contribution in [1.82, 2.24) is 0 Å². The fourth-order valence-electron chi connectivity index (χ4n) is 2.74. The standard InChI is InChI=1S/C23H20BrNO6S/c1-2-29-23(28)21-18(15-7-4-3-5-8-15)14-32-22(21)25-19(26)12-31-20(27)13-30-17-10-6-9-16(24)11-17/h3-11,14H,2,12-13H2,1H3,(H,25,26). The number of thiophene rings is 1. The molecule has 7 nitrogen and oxygen atoms in total. The van der Waals surface area contributed by atoms with Gasteiger partial charge in [-0.2, -0.15) is 0 Å². The second-order valence-electron chi connectivity index (χ2n) is 6.39. The Morgan fingerprint density at radius 2 is 1.78 bits per heavy atom. The average molecular weight is 518 g/mol. The normalized spacial score (nSPS) is 10.3. The van der Waals surface area contributed by atoms with Crippen LogP contribution >= 0.6 is 27.3 Å². The van der Waals surface area contributed by atoms with Crippen molar-refractivity contribution in [2.24, 2.45) is 0 Å². The Morgan fingerprint density at radius 1 is 1.00 bits per heavy atom. The molecule has 32 heavy (non-hydrogen) atoms. The number of anilines is 1. The van der Waals surface area contributed by atoms with Crippen LogP contribution in [0.25, 0.3) is 11.1 Å². The molecule has 0 saturated heterocycles. The minimum atomic E-state index is -0.693. The molecule has 0 aliphatic rings. The molecule has 0 spiro atoms. The number of benzene rings is 2. The van der Waals surface area contributed by atoms with Crippen LogP contribution in [0.3, 0.4) is 0 Å². The number of halogens is 1. The zero-order chi connectivity index (χ0) is 22.9. The van der Waals surface area contributed by atoms with Crippen molar-refractivity contribution < 1.29 is 28.6 Å². The van der Waals surface area contributed by atoms with Gasteiger partial charge in [-0.05, 0) is 30.7 Å². The van der Waals surface area contributed by atoms with E-state index in [4.69, 9.17) is 14.2 Å². The van der Waals surface area contributed by atoms with E-state index < -0.39 is 24.5 Å². The molecule has 3 aromatic rings. The molecular formula is C23H20BrNO6S. The first-order chi connectivity index (χ1) is 15.5. The van der Waals surface area contributed by atoms with Gasteiger partial charge in [0.25, 0.3) is 5.91 Å². The molecule has 0 atom stereocenters. The number of hydrogen-bond donors (Lipinski definition) is 1. The summed E-state index contributed by atoms with van der Waals surface area (Å²) in [7, 11) is 0. The maximum Gasteiger partial charge on any atom is 0.344 e. The van der Waals surface area contributed by atoms with Crippen LogP contribution in [0, 0.1) is 0 Å². The zero-order valence-corrected chi connectivity index (χ0v) is 19.5. The number of carbonyl (C=O) groups is 3. The first-order valence-corrected chi connectivity index (χ1v) is 11.3. The van der Waals surface area contributed by atoms with Gasteiger partial charge in [0.15, 0.2) is 13.2 Å². The van der Waals surface area contributed by atoms with E-state index in [1.54, 1.807) is 30.5 Å². The van der Waals surface area contributed by atoms with Crippen molar-refractivity contribution >= 4 is 50.1 Å². The Labute approximate surface area is 197 Å². The summed E-state index contributed by atoms with van der Waals surface area (Å²) in [4.78, 5) is 36.8. The topological polar surface area (TPSA) is 90.9 Å². The SMILES string of the molecule is CCOC(=O)c1c(-c2ccccc2)csc1NC(=O)COC(=O)COc1cccc(Br)c1. The highest BCUT2D eigenvalue weighted by Crippen LogP contribution is 2.36. The van der Waals surface area contributed by atoms with Gasteiger partial charge >= 0.3 is 11.9 Å². The molecule has 166 valence electrons. The second-order valence-corrected chi connectivity index (χ2v) is 8.19. The largest absolute Gasteiger partial charge is 0.482 e. The van der Waals surface area contributed by atoms with Crippen LogP contribution in [-0.4, -0.2) is 37.7 Å². The van der Waals surface area contributed by atoms with Gasteiger partial charge in [0.05, 0.1) is 6.61 Å². The molecule has 0 aliphatic carbocycles. The van der Waals surface area contributed by atoms with Crippen molar-refractivity contribution in [3.05, 3.63) is 70.0 Å². The summed E-state index contributed by atoms with van der Waals surface area (Å²) < 4.78 is 16.3. The Balaban J connectivity index is 1.61. The molecule has 9 heteroatoms. The highest BCUT2D eigenvalue weighted by molar-refractivity contribution is 9.10. The first kappa shape index (κ1) is 23.5. The number of carbonyl (C=O) groups excluding carboxylic acids is 3. The average Bonchev–Trinajstić information content (AvgIpc) is 3.20. The molecule has 0 saturated carbocycles. The number of ether oxygens (including phenoxy) is 3. The number of nitrogens with one attached hydrogen (secondary N) is 1. The van der Waals surface area contributed by atoms with Crippen molar-refractivity contribution in [2.45, 2.75) is 6.92 Å². The van der Waals surface area contributed by atoms with Crippen LogP contribution < -0.4 is 10.1 Å². The van der Waals surface area contributed by atoms with E-state index in [9.17, 15) is 14.4 Å². The van der Waals surface area contributed by atoms with Crippen LogP contribution in [0.1, 0.15) is 17.3 Å². The molecule has 0 fully saturated rings. The highest BCUT2D eigenvalue weighted by atomic mass is 79.9. The lowest BCUT2D eigenvalue weighted by Crippen LogP contribution is -2.24. The fourth-order valence-corrected chi connectivity index (χ4v) is 4.09. The summed E-state index contributed by atoms with van der Waals surface area (Å²) in [5.74, 6) is -1.32. The predicted octanol–water partition coefficient (Wildman–Crippen LogP) is 4.92. The Hall–Kier alpha value is -3.17. The molecule has 1 aromatic heterocycles. The molecule has 1 heterocycles. The lowest BCUT2D eigenvalue weighted by atomic mass is 10.0. The van der Waals surface area contributed by atoms with E-state index in [1.807, 2.05) is 36.4 Å². The highest BCUT2D eigenvalue weighted by Gasteiger charge is 2.23. The Morgan fingerprint density at radius 3 is 2.50 bits per heavy atom. The van der Waals surface area contributed by atoms with Crippen molar-refractivity contribution in [1.29, 1.82) is 0 Å². The maximum atomic E-state index is 12.5. The third-order valence-corrected chi connectivity index (χ3v) is 5.51. The molecular weight excluding hydrogens is 498 g/mol. The maximum absolute atomic E-state index is 12.5. The quantitative estimate of drug-likeness (QED) is 0.405. The predicted molar refractivity (Wildman–Crippen MR) is 125 cm³/mol. The van der Waals surface area contributed by atoms with Gasteiger partial charge in [-0.25, -0.2) is 9.59 Å². The molecule has 0 radical (unpaired) electrons. The third-order valence-electron chi connectivity index (χ3n) is 4.13. The van der Waals surface area contributed by atoms with E-state index in [0.717, 1.165) is 10.0 Å². The van der Waals surface area contributed by atoms with Gasteiger partial charge in [0, 0.05) is 15.4 Å². The molecule has 2 aromatic carbocycles. The van der Waals surface area contributed by atoms with Crippen molar-refractivity contribution in [3.8, 4) is 16.9 Å². The van der Waals surface area contributed by atoms with Gasteiger partial charge in [-0.1, -0.05) is 52.3 Å². The number of amides is 1. The molecule has 0 unspecified atom stereocenters. The lowest BCUT2D eigenvalue weighted by Gasteiger charge is -2.10. The summed E-state index contributed by atoms with van der Waals surface area (Å²) in [5.41, 5.74) is 1.74. The van der Waals surface area contributed by atoms with Crippen LogP contribution in [0.2, 0.25) is 0 Å². The minimum absolute atomic E-state index is 0.200. The Bertz CT molecular complexity index is 1100. The van der Waals surface area contributed by atoms with Crippen molar-refractivity contribution in [3.63, 3.8) is 0 Å². The fraction of sp³-hybridized carbons (Fsp3) is 0.174. The lowest BCUT2D eigenvalue weighted by molar-refractivity contribution is -0.149. The minimum Gasteiger partial charge on any atom is -0.482 e. The Kier molecular flexibility index (Phi) is 8.41. The zero-order valence-electron chi connectivity index (χ0n) is 17.1.